The molecule has 2 aliphatic rings. The van der Waals surface area contributed by atoms with Gasteiger partial charge in [-0.05, 0) is 0 Å². The summed E-state index contributed by atoms with van der Waals surface area (Å²) in [7, 11) is 6.95. The second-order valence-corrected chi connectivity index (χ2v) is 32.8. The zero-order chi connectivity index (χ0) is 26.0. The Bertz CT molecular complexity index is 1920. The molecule has 2 atom stereocenters. The van der Waals surface area contributed by atoms with E-state index < -0.39 is 14.0 Å². The summed E-state index contributed by atoms with van der Waals surface area (Å²) in [6, 6.07) is 36.7. The van der Waals surface area contributed by atoms with Gasteiger partial charge >= 0.3 is 227 Å². The van der Waals surface area contributed by atoms with E-state index in [9.17, 15) is 0 Å². The summed E-state index contributed by atoms with van der Waals surface area (Å²) in [5, 5.41) is 8.35. The molecule has 202 valence electrons. The van der Waals surface area contributed by atoms with Gasteiger partial charge in [0.05, 0.1) is 0 Å². The van der Waals surface area contributed by atoms with Crippen LogP contribution in [-0.2, 0) is 28.1 Å². The second kappa shape index (κ2) is 8.98. The molecule has 2 heterocycles. The van der Waals surface area contributed by atoms with Crippen LogP contribution in [0.15, 0.2) is 97.1 Å². The Morgan fingerprint density at radius 1 is 0.550 bits per heavy atom. The fourth-order valence-electron chi connectivity index (χ4n) is 8.46. The van der Waals surface area contributed by atoms with Crippen molar-refractivity contribution in [3.05, 3.63) is 119 Å². The van der Waals surface area contributed by atoms with E-state index in [1.807, 2.05) is 0 Å². The van der Waals surface area contributed by atoms with Crippen LogP contribution in [0.1, 0.15) is 30.7 Å². The molecule has 6 heteroatoms. The van der Waals surface area contributed by atoms with Gasteiger partial charge in [0.1, 0.15) is 0 Å². The normalized spacial score (nSPS) is 17.1. The number of hydrogen-bond donors (Lipinski definition) is 0. The fraction of sp³-hybridized carbons (Fsp3) is 0.176. The van der Waals surface area contributed by atoms with Crippen LogP contribution in [0.25, 0.3) is 44.3 Å². The van der Waals surface area contributed by atoms with Crippen molar-refractivity contribution >= 4 is 54.3 Å². The molecule has 0 saturated carbocycles. The van der Waals surface area contributed by atoms with Crippen molar-refractivity contribution < 1.29 is 14.0 Å². The molecule has 0 fully saturated rings. The van der Waals surface area contributed by atoms with E-state index in [0.717, 1.165) is 0 Å². The van der Waals surface area contributed by atoms with E-state index >= 15 is 0 Å². The fourth-order valence-corrected chi connectivity index (χ4v) is 20.3. The minimum atomic E-state index is -3.51. The van der Waals surface area contributed by atoms with Gasteiger partial charge in [0.2, 0.25) is 0 Å². The maximum absolute atomic E-state index is 3.51. The van der Waals surface area contributed by atoms with Crippen LogP contribution in [0.4, 0.5) is 0 Å². The molecule has 0 spiro atoms. The zero-order valence-electron chi connectivity index (χ0n) is 23.3. The first-order valence-electron chi connectivity index (χ1n) is 13.7. The van der Waals surface area contributed by atoms with Crippen LogP contribution in [0.3, 0.4) is 0 Å². The number of nitrogens with zero attached hydrogens (tertiary/aromatic N) is 2. The first-order valence-corrected chi connectivity index (χ1v) is 22.6. The Morgan fingerprint density at radius 2 is 0.900 bits per heavy atom. The van der Waals surface area contributed by atoms with Gasteiger partial charge in [0, 0.05) is 0 Å². The Hall–Kier alpha value is -2.53. The van der Waals surface area contributed by atoms with Gasteiger partial charge in [0.25, 0.3) is 0 Å². The molecule has 8 rings (SSSR count). The molecule has 0 radical (unpaired) electrons. The Morgan fingerprint density at radius 3 is 1.32 bits per heavy atom. The van der Waals surface area contributed by atoms with E-state index in [0.29, 0.717) is 8.45 Å². The number of hydrogen-bond acceptors (Lipinski definition) is 0. The van der Waals surface area contributed by atoms with E-state index in [1.165, 1.54) is 44.3 Å². The van der Waals surface area contributed by atoms with Crippen molar-refractivity contribution in [2.24, 2.45) is 14.1 Å². The Kier molecular flexibility index (Phi) is 6.21. The van der Waals surface area contributed by atoms with Gasteiger partial charge in [-0.2, -0.15) is 0 Å². The molecule has 0 saturated heterocycles. The summed E-state index contributed by atoms with van der Waals surface area (Å²) in [6.07, 6.45) is 0. The van der Waals surface area contributed by atoms with Crippen LogP contribution in [-0.4, -0.2) is 16.8 Å². The topological polar surface area (TPSA) is 9.86 Å². The van der Waals surface area contributed by atoms with E-state index in [1.54, 1.807) is 22.3 Å². The van der Waals surface area contributed by atoms with Gasteiger partial charge in [0.15, 0.2) is 0 Å². The Balaban J connectivity index is 0.00000145. The molecular formula is C34H34Cl2N2SiTi. The number of halogens is 2. The van der Waals surface area contributed by atoms with Gasteiger partial charge in [-0.25, -0.2) is 0 Å². The van der Waals surface area contributed by atoms with Crippen LogP contribution >= 0.6 is 24.8 Å². The van der Waals surface area contributed by atoms with Gasteiger partial charge in [-0.3, -0.25) is 0 Å². The molecule has 40 heavy (non-hydrogen) atoms. The first-order chi connectivity index (χ1) is 18.3. The van der Waals surface area contributed by atoms with Crippen molar-refractivity contribution in [3.8, 4) is 22.5 Å². The van der Waals surface area contributed by atoms with Gasteiger partial charge in [-0.15, -0.1) is 24.8 Å². The molecule has 0 bridgehead atoms. The summed E-state index contributed by atoms with van der Waals surface area (Å²) in [4.78, 5) is 0. The molecule has 6 aromatic rings. The number of para-hydroxylation sites is 2. The molecule has 0 amide bonds. The first kappa shape index (κ1) is 27.6. The Labute approximate surface area is 250 Å². The molecular weight excluding hydrogens is 583 g/mol. The standard InChI is InChI=1S/2C16H12N.2CH3.2ClH.H2Si.Ti/c2*1-17-15-9-5-4-8-13(15)14-10-11-6-2-3-7-12(11)16(14)17;;;;;;/h2*2-10H,1H3;2*1H3;2*1H;1H2;. The number of rotatable bonds is 2. The van der Waals surface area contributed by atoms with Crippen molar-refractivity contribution in [3.63, 3.8) is 0 Å². The van der Waals surface area contributed by atoms with Crippen LogP contribution in [0, 0.1) is 0 Å². The number of fused-ring (bicyclic) bond motifs is 10. The molecule has 0 N–H and O–H groups in total. The van der Waals surface area contributed by atoms with E-state index in [2.05, 4.69) is 138 Å². The molecule has 4 aromatic carbocycles. The summed E-state index contributed by atoms with van der Waals surface area (Å²) in [6.45, 7) is 0. The van der Waals surface area contributed by atoms with Crippen molar-refractivity contribution in [1.29, 1.82) is 0 Å². The van der Waals surface area contributed by atoms with E-state index in [-0.39, 0.29) is 24.8 Å². The van der Waals surface area contributed by atoms with E-state index in [4.69, 9.17) is 0 Å². The summed E-state index contributed by atoms with van der Waals surface area (Å²) >= 11 is -3.51. The van der Waals surface area contributed by atoms with Crippen LogP contribution < -0.4 is 0 Å². The SMILES string of the molecule is Cl.Cl.Cn1c2c(c3ccccc31)[CH]([Ti]([CH3])([CH3])(=[SiH2])[CH]1c3ccccc3-c3c1c1ccccc1n3C)c1ccccc1-2. The summed E-state index contributed by atoms with van der Waals surface area (Å²) < 4.78 is 5.79. The van der Waals surface area contributed by atoms with Gasteiger partial charge in [-0.1, -0.05) is 0 Å². The third-order valence-electron chi connectivity index (χ3n) is 9.82. The van der Waals surface area contributed by atoms with Gasteiger partial charge < -0.3 is 0 Å². The molecule has 2 unspecified atom stereocenters. The summed E-state index contributed by atoms with van der Waals surface area (Å²) in [5.41, 5.74) is 14.7. The average molecular weight is 618 g/mol. The third-order valence-corrected chi connectivity index (χ3v) is 21.0. The average Bonchev–Trinajstić information content (AvgIpc) is 3.62. The summed E-state index contributed by atoms with van der Waals surface area (Å²) in [5.74, 6) is 0. The zero-order valence-corrected chi connectivity index (χ0v) is 27.9. The van der Waals surface area contributed by atoms with Crippen molar-refractivity contribution in [2.75, 3.05) is 0 Å². The van der Waals surface area contributed by atoms with Crippen molar-refractivity contribution in [2.45, 2.75) is 18.9 Å². The molecule has 2 aliphatic carbocycles. The second-order valence-electron chi connectivity index (χ2n) is 12.7. The number of aryl methyl sites for hydroxylation is 2. The molecule has 2 aromatic heterocycles. The number of benzene rings is 4. The predicted octanol–water partition coefficient (Wildman–Crippen LogP) is 8.69. The predicted molar refractivity (Wildman–Crippen MR) is 175 cm³/mol. The minimum absolute atomic E-state index is 0. The monoisotopic (exact) mass is 616 g/mol. The third kappa shape index (κ3) is 3.27. The maximum atomic E-state index is 2.74. The van der Waals surface area contributed by atoms with Crippen molar-refractivity contribution in [1.82, 2.24) is 9.13 Å². The number of aromatic nitrogens is 2. The quantitative estimate of drug-likeness (QED) is 0.172. The van der Waals surface area contributed by atoms with Crippen LogP contribution in [0.5, 0.6) is 0 Å². The molecule has 0 aliphatic heterocycles. The molecule has 2 nitrogen and oxygen atoms in total. The van der Waals surface area contributed by atoms with Crippen LogP contribution in [0.2, 0.25) is 10.5 Å².